The summed E-state index contributed by atoms with van der Waals surface area (Å²) in [5.41, 5.74) is 3.50. The van der Waals surface area contributed by atoms with Crippen molar-refractivity contribution in [3.8, 4) is 11.8 Å². The van der Waals surface area contributed by atoms with E-state index in [0.717, 1.165) is 16.7 Å². The third kappa shape index (κ3) is 4.96. The van der Waals surface area contributed by atoms with Crippen LogP contribution in [-0.2, 0) is 11.3 Å². The molecule has 0 aliphatic rings. The van der Waals surface area contributed by atoms with Gasteiger partial charge in [-0.2, -0.15) is 0 Å². The minimum Gasteiger partial charge on any atom is -0.465 e. The molecule has 0 unspecified atom stereocenters. The van der Waals surface area contributed by atoms with Gasteiger partial charge < -0.3 is 10.1 Å². The number of ether oxygens (including phenoxy) is 1. The lowest BCUT2D eigenvalue weighted by Crippen LogP contribution is -2.06. The molecule has 4 heteroatoms. The van der Waals surface area contributed by atoms with Crippen LogP contribution in [0.1, 0.15) is 27.0 Å². The number of anilines is 1. The van der Waals surface area contributed by atoms with Crippen LogP contribution in [0.3, 0.4) is 0 Å². The zero-order valence-corrected chi connectivity index (χ0v) is 14.8. The third-order valence-corrected chi connectivity index (χ3v) is 3.95. The number of hydrogen-bond acceptors (Lipinski definition) is 3. The maximum absolute atomic E-state index is 13.7. The summed E-state index contributed by atoms with van der Waals surface area (Å²) in [5.74, 6) is 4.95. The third-order valence-electron chi connectivity index (χ3n) is 3.95. The van der Waals surface area contributed by atoms with Gasteiger partial charge in [0.25, 0.3) is 0 Å². The molecule has 3 aromatic rings. The van der Waals surface area contributed by atoms with Gasteiger partial charge in [-0.05, 0) is 48.0 Å². The van der Waals surface area contributed by atoms with Gasteiger partial charge in [0.05, 0.1) is 12.7 Å². The Bertz CT molecular complexity index is 986. The van der Waals surface area contributed by atoms with E-state index >= 15 is 0 Å². The maximum Gasteiger partial charge on any atom is 0.340 e. The van der Waals surface area contributed by atoms with Crippen LogP contribution in [0, 0.1) is 17.7 Å². The lowest BCUT2D eigenvalue weighted by molar-refractivity contribution is 0.0595. The summed E-state index contributed by atoms with van der Waals surface area (Å²) in [4.78, 5) is 11.6. The molecule has 0 spiro atoms. The van der Waals surface area contributed by atoms with Gasteiger partial charge in [-0.15, -0.1) is 0 Å². The Labute approximate surface area is 157 Å². The van der Waals surface area contributed by atoms with E-state index in [1.165, 1.54) is 19.2 Å². The molecular weight excluding hydrogens is 341 g/mol. The second kappa shape index (κ2) is 8.68. The van der Waals surface area contributed by atoms with Crippen LogP contribution in [-0.4, -0.2) is 13.1 Å². The van der Waals surface area contributed by atoms with Gasteiger partial charge in [0.2, 0.25) is 0 Å². The topological polar surface area (TPSA) is 38.3 Å². The minimum atomic E-state index is -0.697. The number of carbonyl (C=O) groups excluding carboxylic acids is 1. The molecule has 3 nitrogen and oxygen atoms in total. The molecule has 0 amide bonds. The molecule has 0 aromatic heterocycles. The predicted molar refractivity (Wildman–Crippen MR) is 104 cm³/mol. The van der Waals surface area contributed by atoms with E-state index in [2.05, 4.69) is 21.9 Å². The van der Waals surface area contributed by atoms with Crippen LogP contribution in [0.2, 0.25) is 0 Å². The molecule has 0 radical (unpaired) electrons. The van der Waals surface area contributed by atoms with Crippen LogP contribution in [0.4, 0.5) is 10.1 Å². The Morgan fingerprint density at radius 3 is 2.30 bits per heavy atom. The van der Waals surface area contributed by atoms with Gasteiger partial charge in [-0.25, -0.2) is 9.18 Å². The first-order valence-corrected chi connectivity index (χ1v) is 8.43. The Morgan fingerprint density at radius 2 is 1.63 bits per heavy atom. The van der Waals surface area contributed by atoms with Crippen molar-refractivity contribution < 1.29 is 13.9 Å². The lowest BCUT2D eigenvalue weighted by atomic mass is 10.1. The molecular formula is C23H18FNO2. The van der Waals surface area contributed by atoms with E-state index in [1.807, 2.05) is 54.6 Å². The summed E-state index contributed by atoms with van der Waals surface area (Å²) in [6.07, 6.45) is 0. The number of carbonyl (C=O) groups is 1. The molecule has 0 heterocycles. The summed E-state index contributed by atoms with van der Waals surface area (Å²) in [6, 6.07) is 22.0. The fraction of sp³-hybridized carbons (Fsp3) is 0.0870. The highest BCUT2D eigenvalue weighted by Gasteiger charge is 2.12. The molecule has 0 atom stereocenters. The van der Waals surface area contributed by atoms with Crippen molar-refractivity contribution in [2.45, 2.75) is 6.54 Å². The second-order valence-electron chi connectivity index (χ2n) is 5.85. The van der Waals surface area contributed by atoms with Crippen LogP contribution in [0.5, 0.6) is 0 Å². The van der Waals surface area contributed by atoms with E-state index in [1.54, 1.807) is 6.07 Å². The molecule has 0 saturated carbocycles. The normalized spacial score (nSPS) is 9.85. The van der Waals surface area contributed by atoms with E-state index in [0.29, 0.717) is 12.2 Å². The van der Waals surface area contributed by atoms with E-state index in [-0.39, 0.29) is 5.56 Å². The quantitative estimate of drug-likeness (QED) is 0.545. The summed E-state index contributed by atoms with van der Waals surface area (Å²) in [5, 5.41) is 3.17. The minimum absolute atomic E-state index is 0.0889. The SMILES string of the molecule is COC(=O)c1cc(NCc2ccc(C#Cc3ccccc3)cc2)ccc1F. The molecule has 0 fully saturated rings. The molecule has 134 valence electrons. The van der Waals surface area contributed by atoms with E-state index in [4.69, 9.17) is 0 Å². The molecule has 0 aliphatic heterocycles. The van der Waals surface area contributed by atoms with Crippen molar-refractivity contribution in [1.29, 1.82) is 0 Å². The number of nitrogens with one attached hydrogen (secondary N) is 1. The second-order valence-corrected chi connectivity index (χ2v) is 5.85. The molecule has 0 bridgehead atoms. The number of methoxy groups -OCH3 is 1. The van der Waals surface area contributed by atoms with Crippen LogP contribution in [0.25, 0.3) is 0 Å². The number of esters is 1. The molecule has 3 rings (SSSR count). The van der Waals surface area contributed by atoms with Gasteiger partial charge in [0.15, 0.2) is 0 Å². The van der Waals surface area contributed by atoms with Crippen molar-refractivity contribution >= 4 is 11.7 Å². The number of hydrogen-bond donors (Lipinski definition) is 1. The molecule has 1 N–H and O–H groups in total. The Morgan fingerprint density at radius 1 is 0.963 bits per heavy atom. The molecule has 27 heavy (non-hydrogen) atoms. The van der Waals surface area contributed by atoms with Crippen molar-refractivity contribution in [3.05, 3.63) is 101 Å². The number of benzene rings is 3. The van der Waals surface area contributed by atoms with Crippen LogP contribution < -0.4 is 5.32 Å². The first-order valence-electron chi connectivity index (χ1n) is 8.43. The smallest absolute Gasteiger partial charge is 0.340 e. The molecule has 0 saturated heterocycles. The lowest BCUT2D eigenvalue weighted by Gasteiger charge is -2.09. The van der Waals surface area contributed by atoms with E-state index < -0.39 is 11.8 Å². The average molecular weight is 359 g/mol. The van der Waals surface area contributed by atoms with Crippen molar-refractivity contribution in [2.75, 3.05) is 12.4 Å². The number of rotatable bonds is 4. The summed E-state index contributed by atoms with van der Waals surface area (Å²) >= 11 is 0. The molecule has 3 aromatic carbocycles. The maximum atomic E-state index is 13.7. The fourth-order valence-electron chi connectivity index (χ4n) is 2.48. The van der Waals surface area contributed by atoms with Gasteiger partial charge in [-0.3, -0.25) is 0 Å². The monoisotopic (exact) mass is 359 g/mol. The van der Waals surface area contributed by atoms with Crippen molar-refractivity contribution in [1.82, 2.24) is 0 Å². The number of halogens is 1. The Hall–Kier alpha value is -3.58. The highest BCUT2D eigenvalue weighted by Crippen LogP contribution is 2.17. The zero-order chi connectivity index (χ0) is 19.1. The van der Waals surface area contributed by atoms with Crippen molar-refractivity contribution in [3.63, 3.8) is 0 Å². The highest BCUT2D eigenvalue weighted by atomic mass is 19.1. The van der Waals surface area contributed by atoms with Crippen LogP contribution >= 0.6 is 0 Å². The largest absolute Gasteiger partial charge is 0.465 e. The highest BCUT2D eigenvalue weighted by molar-refractivity contribution is 5.90. The molecule has 0 aliphatic carbocycles. The van der Waals surface area contributed by atoms with Gasteiger partial charge in [0.1, 0.15) is 5.82 Å². The average Bonchev–Trinajstić information content (AvgIpc) is 2.72. The first kappa shape index (κ1) is 18.2. The van der Waals surface area contributed by atoms with Gasteiger partial charge >= 0.3 is 5.97 Å². The zero-order valence-electron chi connectivity index (χ0n) is 14.8. The van der Waals surface area contributed by atoms with Gasteiger partial charge in [-0.1, -0.05) is 42.2 Å². The summed E-state index contributed by atoms with van der Waals surface area (Å²) < 4.78 is 18.3. The Balaban J connectivity index is 1.64. The van der Waals surface area contributed by atoms with Crippen LogP contribution in [0.15, 0.2) is 72.8 Å². The summed E-state index contributed by atoms with van der Waals surface area (Å²) in [6.45, 7) is 0.540. The summed E-state index contributed by atoms with van der Waals surface area (Å²) in [7, 11) is 1.23. The van der Waals surface area contributed by atoms with E-state index in [9.17, 15) is 9.18 Å². The predicted octanol–water partition coefficient (Wildman–Crippen LogP) is 4.62. The van der Waals surface area contributed by atoms with Crippen molar-refractivity contribution in [2.24, 2.45) is 0 Å². The Kier molecular flexibility index (Phi) is 5.86. The fourth-order valence-corrected chi connectivity index (χ4v) is 2.48. The van der Waals surface area contributed by atoms with Gasteiger partial charge in [0, 0.05) is 23.4 Å². The standard InChI is InChI=1S/C23H18FNO2/c1-27-23(26)21-15-20(13-14-22(21)24)25-16-19-11-9-18(10-12-19)8-7-17-5-3-2-4-6-17/h2-6,9-15,25H,16H2,1H3. The first-order chi connectivity index (χ1) is 13.2.